The van der Waals surface area contributed by atoms with Crippen molar-refractivity contribution in [3.05, 3.63) is 107 Å². The van der Waals surface area contributed by atoms with Gasteiger partial charge in [-0.25, -0.2) is 23.7 Å². The van der Waals surface area contributed by atoms with E-state index in [-0.39, 0.29) is 84.3 Å². The smallest absolute Gasteiger partial charge is 0.391 e. The van der Waals surface area contributed by atoms with E-state index in [4.69, 9.17) is 0 Å². The van der Waals surface area contributed by atoms with Gasteiger partial charge in [0.05, 0.1) is 44.7 Å². The number of benzene rings is 3. The minimum absolute atomic E-state index is 0.000760. The van der Waals surface area contributed by atoms with Gasteiger partial charge in [-0.1, -0.05) is 70.7 Å². The average molecular weight is 1190 g/mol. The van der Waals surface area contributed by atoms with Crippen LogP contribution in [-0.4, -0.2) is 147 Å². The number of thiazole rings is 1. The Bertz CT molecular complexity index is 3120. The van der Waals surface area contributed by atoms with Crippen molar-refractivity contribution in [2.24, 2.45) is 5.41 Å². The lowest BCUT2D eigenvalue weighted by Crippen LogP contribution is -2.57. The molecule has 0 spiro atoms. The van der Waals surface area contributed by atoms with Crippen LogP contribution >= 0.6 is 11.3 Å². The van der Waals surface area contributed by atoms with Crippen molar-refractivity contribution in [2.75, 3.05) is 68.0 Å². The average Bonchev–Trinajstić information content (AvgIpc) is 4.16. The Morgan fingerprint density at radius 2 is 1.43 bits per heavy atom. The molecule has 0 bridgehead atoms. The maximum atomic E-state index is 16.2. The number of nitrogens with one attached hydrogen (secondary N) is 3. The van der Waals surface area contributed by atoms with Crippen LogP contribution < -0.4 is 25.8 Å². The van der Waals surface area contributed by atoms with E-state index in [9.17, 15) is 46.6 Å². The lowest BCUT2D eigenvalue weighted by Gasteiger charge is -2.44. The minimum atomic E-state index is -5.02. The Hall–Kier alpha value is -7.11. The van der Waals surface area contributed by atoms with Crippen molar-refractivity contribution in [1.82, 2.24) is 40.3 Å². The summed E-state index contributed by atoms with van der Waals surface area (Å²) in [5.41, 5.74) is 2.35. The Balaban J connectivity index is 0.759. The molecule has 3 aliphatic rings. The number of β-amino-alcohol motifs (C(OH)–C–C–N with tert-alkyl or cyclic N) is 1. The molecule has 1 unspecified atom stereocenters. The molecule has 0 aliphatic carbocycles. The second-order valence-electron chi connectivity index (χ2n) is 23.5. The molecule has 84 heavy (non-hydrogen) atoms. The number of aryl methyl sites for hydroxylation is 1. The summed E-state index contributed by atoms with van der Waals surface area (Å²) < 4.78 is 72.1. The van der Waals surface area contributed by atoms with E-state index in [1.165, 1.54) is 29.4 Å². The summed E-state index contributed by atoms with van der Waals surface area (Å²) in [5, 5.41) is 19.1. The number of anilines is 3. The van der Waals surface area contributed by atoms with E-state index >= 15 is 4.39 Å². The molecule has 0 saturated carbocycles. The maximum Gasteiger partial charge on any atom is 0.417 e. The summed E-state index contributed by atoms with van der Waals surface area (Å²) in [7, 11) is 1.96. The van der Waals surface area contributed by atoms with Crippen molar-refractivity contribution < 1.29 is 51.0 Å². The van der Waals surface area contributed by atoms with Crippen molar-refractivity contribution in [3.8, 4) is 21.6 Å². The third-order valence-electron chi connectivity index (χ3n) is 16.2. The highest BCUT2D eigenvalue weighted by Crippen LogP contribution is 2.38. The van der Waals surface area contributed by atoms with Gasteiger partial charge in [0.25, 0.3) is 5.91 Å². The zero-order valence-electron chi connectivity index (χ0n) is 48.7. The van der Waals surface area contributed by atoms with Crippen molar-refractivity contribution >= 4 is 58.2 Å². The number of nitrogens with zero attached hydrogens (tertiary/aromatic N) is 8. The third-order valence-corrected chi connectivity index (χ3v) is 17.2. The van der Waals surface area contributed by atoms with Gasteiger partial charge in [0.2, 0.25) is 29.6 Å². The summed E-state index contributed by atoms with van der Waals surface area (Å²) in [4.78, 5) is 91.2. The summed E-state index contributed by atoms with van der Waals surface area (Å²) in [6, 6.07) is 10.5. The number of carbonyl (C=O) groups is 5. The second kappa shape index (κ2) is 27.3. The number of likely N-dealkylation sites (N-methyl/N-ethyl adjacent to an activating group) is 1. The third kappa shape index (κ3) is 15.6. The van der Waals surface area contributed by atoms with Crippen LogP contribution in [-0.2, 0) is 31.9 Å². The minimum Gasteiger partial charge on any atom is -0.391 e. The van der Waals surface area contributed by atoms with Crippen LogP contribution in [0.2, 0.25) is 0 Å². The van der Waals surface area contributed by atoms with Gasteiger partial charge < -0.3 is 40.7 Å². The van der Waals surface area contributed by atoms with Gasteiger partial charge in [0.1, 0.15) is 23.7 Å². The molecule has 2 aromatic heterocycles. The molecule has 17 nitrogen and oxygen atoms in total. The first-order valence-corrected chi connectivity index (χ1v) is 29.6. The Kier molecular flexibility index (Phi) is 20.4. The molecule has 8 rings (SSSR count). The number of unbranched alkanes of at least 4 members (excludes halogenated alkanes) is 5. The normalized spacial score (nSPS) is 19.1. The van der Waals surface area contributed by atoms with Crippen LogP contribution in [0.15, 0.2) is 72.5 Å². The van der Waals surface area contributed by atoms with Crippen molar-refractivity contribution in [3.63, 3.8) is 0 Å². The van der Waals surface area contributed by atoms with E-state index in [0.717, 1.165) is 59.5 Å². The zero-order chi connectivity index (χ0) is 60.6. The van der Waals surface area contributed by atoms with Gasteiger partial charge in [-0.3, -0.25) is 28.9 Å². The van der Waals surface area contributed by atoms with Crippen molar-refractivity contribution in [1.29, 1.82) is 0 Å². The van der Waals surface area contributed by atoms with Gasteiger partial charge in [0.15, 0.2) is 0 Å². The fourth-order valence-corrected chi connectivity index (χ4v) is 11.9. The number of aliphatic hydroxyl groups excluding tert-OH is 1. The second-order valence-corrected chi connectivity index (χ2v) is 24.3. The molecular formula is C61H76F5N11O6S. The molecule has 5 amide bonds. The number of amides is 5. The molecule has 5 aromatic rings. The molecule has 3 fully saturated rings. The summed E-state index contributed by atoms with van der Waals surface area (Å²) in [6.07, 6.45) is 2.38. The number of hydrogen-bond donors (Lipinski definition) is 4. The SMILES string of the molecule is Cc1ncsc1-c1ccc(CNC(=O)[C@@H]2C[C@@H](O)CN2C(=O)C(NC(=O)CCCCCCCCC(=O)N2CCN(c3ncc(-c4cc(NC(=O)c5ccc(F)cc5C(F)(F)F)c(N5C[C@@H](C)N(C)[C@@H](C)C5)cc4F)cn3)CC2)C(C)(C)C)cc1. The molecule has 3 aromatic carbocycles. The fraction of sp³-hybridized carbons (Fsp3) is 0.508. The number of halogens is 5. The van der Waals surface area contributed by atoms with Crippen LogP contribution in [0, 0.1) is 24.0 Å². The number of aromatic nitrogens is 3. The summed E-state index contributed by atoms with van der Waals surface area (Å²) in [6.45, 7) is 14.4. The van der Waals surface area contributed by atoms with E-state index in [2.05, 4.69) is 35.8 Å². The molecule has 452 valence electrons. The predicted molar refractivity (Wildman–Crippen MR) is 313 cm³/mol. The van der Waals surface area contributed by atoms with E-state index in [1.807, 2.05) is 87.6 Å². The molecule has 0 radical (unpaired) electrons. The van der Waals surface area contributed by atoms with E-state index < -0.39 is 64.4 Å². The van der Waals surface area contributed by atoms with Gasteiger partial charge in [-0.05, 0) is 87.5 Å². The highest BCUT2D eigenvalue weighted by molar-refractivity contribution is 7.13. The van der Waals surface area contributed by atoms with Crippen LogP contribution in [0.3, 0.4) is 0 Å². The fourth-order valence-electron chi connectivity index (χ4n) is 11.1. The lowest BCUT2D eigenvalue weighted by atomic mass is 9.85. The topological polar surface area (TPSA) is 197 Å². The van der Waals surface area contributed by atoms with Crippen LogP contribution in [0.4, 0.5) is 39.3 Å². The van der Waals surface area contributed by atoms with Gasteiger partial charge in [-0.2, -0.15) is 13.2 Å². The number of likely N-dealkylation sites (tertiary alicyclic amines) is 1. The lowest BCUT2D eigenvalue weighted by molar-refractivity contribution is -0.144. The van der Waals surface area contributed by atoms with Crippen LogP contribution in [0.25, 0.3) is 21.6 Å². The molecule has 3 saturated heterocycles. The molecule has 23 heteroatoms. The molecule has 5 atom stereocenters. The van der Waals surface area contributed by atoms with E-state index in [0.29, 0.717) is 64.5 Å². The highest BCUT2D eigenvalue weighted by atomic mass is 32.1. The standard InChI is InChI=1S/C61H76F5N11O6S/c1-37-33-76(34-38(2)73(37)7)50-29-48(63)46(28-49(50)71-56(81)45-21-20-43(62)26-47(45)61(64,65)66)42-31-68-59(69-32-42)75-24-22-74(23-25-75)53(80)15-13-11-9-8-10-12-14-52(79)72-55(60(4,5)6)58(83)77-35-44(78)27-51(77)57(82)67-30-40-16-18-41(19-17-40)54-39(3)70-36-84-54/h16-21,26,28-29,31-32,36-38,44,51,55,78H,8-15,22-25,27,30,33-35H2,1-7H3,(H,67,82)(H,71,81)(H,72,79)/t37-,38+,44-,51+,55?/m1/s1. The van der Waals surface area contributed by atoms with Gasteiger partial charge in [-0.15, -0.1) is 11.3 Å². The van der Waals surface area contributed by atoms with Crippen LogP contribution in [0.1, 0.15) is 120 Å². The van der Waals surface area contributed by atoms with Crippen molar-refractivity contribution in [2.45, 2.75) is 142 Å². The number of piperazine rings is 2. The maximum absolute atomic E-state index is 16.2. The van der Waals surface area contributed by atoms with Gasteiger partial charge >= 0.3 is 6.18 Å². The first kappa shape index (κ1) is 62.9. The molecule has 3 aliphatic heterocycles. The molecular weight excluding hydrogens is 1110 g/mol. The Labute approximate surface area is 491 Å². The monoisotopic (exact) mass is 1190 g/mol. The Morgan fingerprint density at radius 1 is 0.786 bits per heavy atom. The number of alkyl halides is 3. The zero-order valence-corrected chi connectivity index (χ0v) is 49.5. The predicted octanol–water partition coefficient (Wildman–Crippen LogP) is 9.23. The molecule has 4 N–H and O–H groups in total. The van der Waals surface area contributed by atoms with Gasteiger partial charge in [0, 0.05) is 107 Å². The molecule has 5 heterocycles. The Morgan fingerprint density at radius 3 is 2.05 bits per heavy atom. The quantitative estimate of drug-likeness (QED) is 0.0427. The van der Waals surface area contributed by atoms with Crippen LogP contribution in [0.5, 0.6) is 0 Å². The number of hydrogen-bond acceptors (Lipinski definition) is 13. The number of aliphatic hydroxyl groups is 1. The largest absolute Gasteiger partial charge is 0.417 e. The van der Waals surface area contributed by atoms with E-state index in [1.54, 1.807) is 16.8 Å². The first-order valence-electron chi connectivity index (χ1n) is 28.7. The summed E-state index contributed by atoms with van der Waals surface area (Å²) in [5.74, 6) is -3.60. The highest BCUT2D eigenvalue weighted by Gasteiger charge is 2.45. The summed E-state index contributed by atoms with van der Waals surface area (Å²) >= 11 is 1.56. The number of carbonyl (C=O) groups excluding carboxylic acids is 5. The first-order chi connectivity index (χ1) is 39.9. The number of rotatable bonds is 20.